The van der Waals surface area contributed by atoms with Crippen LogP contribution in [-0.4, -0.2) is 58.9 Å². The number of carbonyl (C=O) groups is 1. The van der Waals surface area contributed by atoms with Crippen LogP contribution in [0.5, 0.6) is 0 Å². The van der Waals surface area contributed by atoms with Gasteiger partial charge < -0.3 is 18.9 Å². The number of carbonyl (C=O) groups excluding carboxylic acids is 1. The van der Waals surface area contributed by atoms with E-state index >= 15 is 0 Å². The topological polar surface area (TPSA) is 56.6 Å². The summed E-state index contributed by atoms with van der Waals surface area (Å²) in [5.74, 6) is 0.118. The van der Waals surface area contributed by atoms with E-state index in [1.807, 2.05) is 11.1 Å². The first-order valence-corrected chi connectivity index (χ1v) is 7.14. The monoisotopic (exact) mass is 279 g/mol. The minimum Gasteiger partial charge on any atom is -0.378 e. The summed E-state index contributed by atoms with van der Waals surface area (Å²) in [6.07, 6.45) is 8.12. The van der Waals surface area contributed by atoms with Gasteiger partial charge in [0.2, 0.25) is 5.91 Å². The van der Waals surface area contributed by atoms with E-state index < -0.39 is 0 Å². The molecule has 0 aromatic carbocycles. The zero-order valence-corrected chi connectivity index (χ0v) is 11.8. The van der Waals surface area contributed by atoms with Crippen molar-refractivity contribution in [2.75, 3.05) is 26.8 Å². The van der Waals surface area contributed by atoms with Gasteiger partial charge in [-0.05, 0) is 19.3 Å². The van der Waals surface area contributed by atoms with Crippen molar-refractivity contribution in [2.24, 2.45) is 0 Å². The molecule has 2 atom stereocenters. The van der Waals surface area contributed by atoms with Crippen molar-refractivity contribution in [1.82, 2.24) is 14.5 Å². The summed E-state index contributed by atoms with van der Waals surface area (Å²) in [4.78, 5) is 18.2. The maximum absolute atomic E-state index is 12.4. The maximum Gasteiger partial charge on any atom is 0.242 e. The molecule has 3 rings (SSSR count). The number of methoxy groups -OCH3 is 1. The maximum atomic E-state index is 12.4. The second-order valence-electron chi connectivity index (χ2n) is 5.58. The Hall–Kier alpha value is -1.40. The number of hydrogen-bond acceptors (Lipinski definition) is 4. The summed E-state index contributed by atoms with van der Waals surface area (Å²) in [6.45, 7) is 2.48. The van der Waals surface area contributed by atoms with Crippen LogP contribution < -0.4 is 0 Å². The molecule has 0 N–H and O–H groups in total. The van der Waals surface area contributed by atoms with Crippen LogP contribution in [-0.2, 0) is 20.8 Å². The molecule has 110 valence electrons. The predicted molar refractivity (Wildman–Crippen MR) is 72.1 cm³/mol. The Labute approximate surface area is 118 Å². The van der Waals surface area contributed by atoms with Gasteiger partial charge in [-0.3, -0.25) is 4.79 Å². The van der Waals surface area contributed by atoms with Crippen LogP contribution in [0, 0.1) is 0 Å². The SMILES string of the molecule is CO[C@H]1CCN(C(=O)Cn2ccnc2)C[C@@]12CCCO2. The Morgan fingerprint density at radius 2 is 2.50 bits per heavy atom. The molecule has 1 aromatic rings. The van der Waals surface area contributed by atoms with E-state index in [1.54, 1.807) is 24.2 Å². The van der Waals surface area contributed by atoms with E-state index in [2.05, 4.69) is 4.98 Å². The van der Waals surface area contributed by atoms with Crippen LogP contribution in [0.2, 0.25) is 0 Å². The first-order chi connectivity index (χ1) is 9.73. The Morgan fingerprint density at radius 3 is 3.15 bits per heavy atom. The van der Waals surface area contributed by atoms with Gasteiger partial charge in [-0.2, -0.15) is 0 Å². The van der Waals surface area contributed by atoms with Gasteiger partial charge in [0, 0.05) is 32.7 Å². The molecule has 2 saturated heterocycles. The van der Waals surface area contributed by atoms with Crippen molar-refractivity contribution < 1.29 is 14.3 Å². The first kappa shape index (κ1) is 13.6. The number of rotatable bonds is 3. The van der Waals surface area contributed by atoms with Crippen LogP contribution in [0.3, 0.4) is 0 Å². The number of nitrogens with zero attached hydrogens (tertiary/aromatic N) is 3. The lowest BCUT2D eigenvalue weighted by molar-refractivity contribution is -0.161. The molecular weight excluding hydrogens is 258 g/mol. The highest BCUT2D eigenvalue weighted by Gasteiger charge is 2.48. The second-order valence-corrected chi connectivity index (χ2v) is 5.58. The van der Waals surface area contributed by atoms with Gasteiger partial charge >= 0.3 is 0 Å². The third-order valence-electron chi connectivity index (χ3n) is 4.35. The minimum absolute atomic E-state index is 0.0993. The number of amides is 1. The van der Waals surface area contributed by atoms with Gasteiger partial charge in [-0.15, -0.1) is 0 Å². The third-order valence-corrected chi connectivity index (χ3v) is 4.35. The molecule has 2 aliphatic heterocycles. The van der Waals surface area contributed by atoms with E-state index in [1.165, 1.54) is 0 Å². The predicted octanol–water partition coefficient (Wildman–Crippen LogP) is 0.680. The lowest BCUT2D eigenvalue weighted by atomic mass is 9.87. The highest BCUT2D eigenvalue weighted by Crippen LogP contribution is 2.36. The third kappa shape index (κ3) is 2.45. The molecular formula is C14H21N3O3. The zero-order valence-electron chi connectivity index (χ0n) is 11.8. The van der Waals surface area contributed by atoms with E-state index in [-0.39, 0.29) is 17.6 Å². The smallest absolute Gasteiger partial charge is 0.242 e. The van der Waals surface area contributed by atoms with Gasteiger partial charge in [0.05, 0.1) is 19.0 Å². The summed E-state index contributed by atoms with van der Waals surface area (Å²) in [6, 6.07) is 0. The molecule has 3 heterocycles. The summed E-state index contributed by atoms with van der Waals surface area (Å²) < 4.78 is 13.3. The van der Waals surface area contributed by atoms with E-state index in [9.17, 15) is 4.79 Å². The van der Waals surface area contributed by atoms with Crippen molar-refractivity contribution >= 4 is 5.91 Å². The van der Waals surface area contributed by atoms with Crippen molar-refractivity contribution in [3.63, 3.8) is 0 Å². The first-order valence-electron chi connectivity index (χ1n) is 7.14. The standard InChI is InChI=1S/C14H21N3O3/c1-19-12-3-6-17(10-14(12)4-2-8-20-14)13(18)9-16-7-5-15-11-16/h5,7,11-12H,2-4,6,8-10H2,1H3/t12-,14-/m0/s1. The van der Waals surface area contributed by atoms with Crippen molar-refractivity contribution in [3.8, 4) is 0 Å². The Balaban J connectivity index is 1.68. The van der Waals surface area contributed by atoms with E-state index in [4.69, 9.17) is 9.47 Å². The van der Waals surface area contributed by atoms with Crippen molar-refractivity contribution in [2.45, 2.75) is 37.5 Å². The van der Waals surface area contributed by atoms with Crippen LogP contribution in [0.4, 0.5) is 0 Å². The molecule has 1 aromatic heterocycles. The fourth-order valence-corrected chi connectivity index (χ4v) is 3.32. The largest absolute Gasteiger partial charge is 0.378 e. The van der Waals surface area contributed by atoms with Crippen molar-refractivity contribution in [1.29, 1.82) is 0 Å². The number of likely N-dealkylation sites (tertiary alicyclic amines) is 1. The fraction of sp³-hybridized carbons (Fsp3) is 0.714. The molecule has 20 heavy (non-hydrogen) atoms. The molecule has 6 heteroatoms. The Bertz CT molecular complexity index is 454. The van der Waals surface area contributed by atoms with Gasteiger partial charge in [0.25, 0.3) is 0 Å². The molecule has 0 radical (unpaired) electrons. The zero-order chi connectivity index (χ0) is 14.0. The van der Waals surface area contributed by atoms with Gasteiger partial charge in [-0.1, -0.05) is 0 Å². The minimum atomic E-state index is -0.294. The lowest BCUT2D eigenvalue weighted by Gasteiger charge is -2.44. The number of imidazole rings is 1. The number of piperidine rings is 1. The molecule has 2 aliphatic rings. The van der Waals surface area contributed by atoms with Gasteiger partial charge in [0.1, 0.15) is 12.1 Å². The Kier molecular flexibility index (Phi) is 3.76. The number of ether oxygens (including phenoxy) is 2. The molecule has 0 bridgehead atoms. The highest BCUT2D eigenvalue weighted by atomic mass is 16.6. The van der Waals surface area contributed by atoms with Gasteiger partial charge in [-0.25, -0.2) is 4.98 Å². The summed E-state index contributed by atoms with van der Waals surface area (Å²) in [5.41, 5.74) is -0.294. The Morgan fingerprint density at radius 1 is 1.60 bits per heavy atom. The average Bonchev–Trinajstić information content (AvgIpc) is 3.11. The number of aromatic nitrogens is 2. The van der Waals surface area contributed by atoms with Gasteiger partial charge in [0.15, 0.2) is 0 Å². The average molecular weight is 279 g/mol. The summed E-state index contributed by atoms with van der Waals surface area (Å²) in [5, 5.41) is 0. The van der Waals surface area contributed by atoms with Crippen LogP contribution >= 0.6 is 0 Å². The van der Waals surface area contributed by atoms with Crippen molar-refractivity contribution in [3.05, 3.63) is 18.7 Å². The molecule has 0 unspecified atom stereocenters. The van der Waals surface area contributed by atoms with Crippen LogP contribution in [0.15, 0.2) is 18.7 Å². The molecule has 0 aliphatic carbocycles. The molecule has 1 amide bonds. The second kappa shape index (κ2) is 5.54. The number of hydrogen-bond donors (Lipinski definition) is 0. The summed E-state index contributed by atoms with van der Waals surface area (Å²) >= 11 is 0. The van der Waals surface area contributed by atoms with Crippen LogP contribution in [0.25, 0.3) is 0 Å². The van der Waals surface area contributed by atoms with E-state index in [0.717, 1.165) is 32.4 Å². The van der Waals surface area contributed by atoms with Crippen LogP contribution in [0.1, 0.15) is 19.3 Å². The molecule has 6 nitrogen and oxygen atoms in total. The molecule has 1 spiro atoms. The quantitative estimate of drug-likeness (QED) is 0.816. The summed E-state index contributed by atoms with van der Waals surface area (Å²) in [7, 11) is 1.73. The normalized spacial score (nSPS) is 30.1. The molecule has 0 saturated carbocycles. The highest BCUT2D eigenvalue weighted by molar-refractivity contribution is 5.76. The lowest BCUT2D eigenvalue weighted by Crippen LogP contribution is -2.58. The fourth-order valence-electron chi connectivity index (χ4n) is 3.32. The molecule has 2 fully saturated rings. The van der Waals surface area contributed by atoms with E-state index in [0.29, 0.717) is 13.1 Å².